The number of esters is 1. The third-order valence-electron chi connectivity index (χ3n) is 4.05. The van der Waals surface area contributed by atoms with Gasteiger partial charge in [-0.2, -0.15) is 4.98 Å². The lowest BCUT2D eigenvalue weighted by Crippen LogP contribution is -2.03. The minimum absolute atomic E-state index is 0.0220. The van der Waals surface area contributed by atoms with Crippen LogP contribution in [0.4, 0.5) is 0 Å². The SMILES string of the molecule is COC(=O)c1ccc(OCc2nc(-c3ccc(OC)c(OC)c3)no2)c(OC)c1. The first-order valence-corrected chi connectivity index (χ1v) is 8.53. The molecule has 0 N–H and O–H groups in total. The molecular formula is C20H20N2O7. The average Bonchev–Trinajstić information content (AvgIpc) is 3.25. The van der Waals surface area contributed by atoms with E-state index >= 15 is 0 Å². The molecule has 1 aromatic heterocycles. The fraction of sp³-hybridized carbons (Fsp3) is 0.250. The van der Waals surface area contributed by atoms with Crippen LogP contribution in [0.2, 0.25) is 0 Å². The molecule has 9 nitrogen and oxygen atoms in total. The number of ether oxygens (including phenoxy) is 5. The monoisotopic (exact) mass is 400 g/mol. The second-order valence-corrected chi connectivity index (χ2v) is 5.73. The van der Waals surface area contributed by atoms with E-state index in [0.29, 0.717) is 39.9 Å². The number of hydrogen-bond acceptors (Lipinski definition) is 9. The van der Waals surface area contributed by atoms with Gasteiger partial charge < -0.3 is 28.2 Å². The summed E-state index contributed by atoms with van der Waals surface area (Å²) in [5, 5.41) is 3.97. The van der Waals surface area contributed by atoms with Gasteiger partial charge in [0, 0.05) is 5.56 Å². The van der Waals surface area contributed by atoms with E-state index in [0.717, 1.165) is 0 Å². The maximum atomic E-state index is 11.6. The Labute approximate surface area is 167 Å². The van der Waals surface area contributed by atoms with Gasteiger partial charge in [-0.05, 0) is 36.4 Å². The standard InChI is InChI=1S/C20H20N2O7/c1-24-14-7-5-12(9-16(14)25-2)19-21-18(29-22-19)11-28-15-8-6-13(20(23)27-4)10-17(15)26-3/h5-10H,11H2,1-4H3. The van der Waals surface area contributed by atoms with Gasteiger partial charge in [0.25, 0.3) is 5.89 Å². The molecule has 3 aromatic rings. The van der Waals surface area contributed by atoms with Crippen molar-refractivity contribution in [3.63, 3.8) is 0 Å². The van der Waals surface area contributed by atoms with Gasteiger partial charge in [-0.3, -0.25) is 0 Å². The highest BCUT2D eigenvalue weighted by Crippen LogP contribution is 2.32. The highest BCUT2D eigenvalue weighted by atomic mass is 16.5. The molecule has 0 bridgehead atoms. The molecule has 0 amide bonds. The largest absolute Gasteiger partial charge is 0.493 e. The molecule has 0 aliphatic rings. The summed E-state index contributed by atoms with van der Waals surface area (Å²) < 4.78 is 31.4. The van der Waals surface area contributed by atoms with E-state index in [9.17, 15) is 4.79 Å². The van der Waals surface area contributed by atoms with Crippen molar-refractivity contribution in [1.29, 1.82) is 0 Å². The van der Waals surface area contributed by atoms with Crippen molar-refractivity contribution in [3.05, 3.63) is 47.9 Å². The van der Waals surface area contributed by atoms with Crippen molar-refractivity contribution >= 4 is 5.97 Å². The summed E-state index contributed by atoms with van der Waals surface area (Å²) in [5.74, 6) is 2.16. The molecule has 29 heavy (non-hydrogen) atoms. The van der Waals surface area contributed by atoms with E-state index in [1.54, 1.807) is 44.6 Å². The van der Waals surface area contributed by atoms with Gasteiger partial charge in [-0.15, -0.1) is 0 Å². The van der Waals surface area contributed by atoms with E-state index < -0.39 is 5.97 Å². The lowest BCUT2D eigenvalue weighted by Gasteiger charge is -2.10. The lowest BCUT2D eigenvalue weighted by atomic mass is 10.2. The number of methoxy groups -OCH3 is 4. The predicted molar refractivity (Wildman–Crippen MR) is 102 cm³/mol. The predicted octanol–water partition coefficient (Wildman–Crippen LogP) is 3.13. The molecule has 0 aliphatic carbocycles. The minimum Gasteiger partial charge on any atom is -0.493 e. The van der Waals surface area contributed by atoms with Gasteiger partial charge in [0.1, 0.15) is 0 Å². The van der Waals surface area contributed by atoms with Crippen LogP contribution in [0.25, 0.3) is 11.4 Å². The van der Waals surface area contributed by atoms with Crippen molar-refractivity contribution in [2.75, 3.05) is 28.4 Å². The van der Waals surface area contributed by atoms with Gasteiger partial charge in [0.2, 0.25) is 5.82 Å². The first-order chi connectivity index (χ1) is 14.1. The minimum atomic E-state index is -0.466. The zero-order chi connectivity index (χ0) is 20.8. The number of aromatic nitrogens is 2. The van der Waals surface area contributed by atoms with Crippen LogP contribution in [0.3, 0.4) is 0 Å². The Morgan fingerprint density at radius 3 is 2.28 bits per heavy atom. The molecule has 1 heterocycles. The zero-order valence-corrected chi connectivity index (χ0v) is 16.4. The highest BCUT2D eigenvalue weighted by Gasteiger charge is 2.15. The van der Waals surface area contributed by atoms with Gasteiger partial charge in [-0.1, -0.05) is 5.16 Å². The molecule has 152 valence electrons. The zero-order valence-electron chi connectivity index (χ0n) is 16.4. The van der Waals surface area contributed by atoms with Gasteiger partial charge in [0.15, 0.2) is 29.6 Å². The van der Waals surface area contributed by atoms with Crippen molar-refractivity contribution < 1.29 is 33.0 Å². The number of benzene rings is 2. The van der Waals surface area contributed by atoms with Crippen LogP contribution in [-0.4, -0.2) is 44.5 Å². The summed E-state index contributed by atoms with van der Waals surface area (Å²) in [5.41, 5.74) is 1.06. The molecule has 3 rings (SSSR count). The lowest BCUT2D eigenvalue weighted by molar-refractivity contribution is 0.0600. The van der Waals surface area contributed by atoms with E-state index in [2.05, 4.69) is 10.1 Å². The van der Waals surface area contributed by atoms with E-state index in [1.807, 2.05) is 0 Å². The molecule has 2 aromatic carbocycles. The third-order valence-corrected chi connectivity index (χ3v) is 4.05. The second-order valence-electron chi connectivity index (χ2n) is 5.73. The summed E-state index contributed by atoms with van der Waals surface area (Å²) in [4.78, 5) is 16.0. The molecule has 0 saturated heterocycles. The average molecular weight is 400 g/mol. The first-order valence-electron chi connectivity index (χ1n) is 8.53. The Morgan fingerprint density at radius 2 is 1.59 bits per heavy atom. The van der Waals surface area contributed by atoms with E-state index in [-0.39, 0.29) is 12.5 Å². The molecule has 0 aliphatic heterocycles. The summed E-state index contributed by atoms with van der Waals surface area (Å²) in [6.07, 6.45) is 0. The van der Waals surface area contributed by atoms with Crippen LogP contribution >= 0.6 is 0 Å². The second kappa shape index (κ2) is 8.96. The Bertz CT molecular complexity index is 1000. The third kappa shape index (κ3) is 4.40. The summed E-state index contributed by atoms with van der Waals surface area (Å²) >= 11 is 0. The molecule has 0 fully saturated rings. The van der Waals surface area contributed by atoms with Crippen molar-refractivity contribution in [1.82, 2.24) is 10.1 Å². The Hall–Kier alpha value is -3.75. The maximum absolute atomic E-state index is 11.6. The van der Waals surface area contributed by atoms with Gasteiger partial charge in [0.05, 0.1) is 34.0 Å². The summed E-state index contributed by atoms with van der Waals surface area (Å²) in [7, 11) is 5.90. The number of hydrogen-bond donors (Lipinski definition) is 0. The van der Waals surface area contributed by atoms with Crippen LogP contribution in [0.15, 0.2) is 40.9 Å². The van der Waals surface area contributed by atoms with E-state index in [4.69, 9.17) is 28.2 Å². The fourth-order valence-corrected chi connectivity index (χ4v) is 2.58. The van der Waals surface area contributed by atoms with Crippen LogP contribution in [0, 0.1) is 0 Å². The van der Waals surface area contributed by atoms with Crippen LogP contribution in [0.1, 0.15) is 16.2 Å². The smallest absolute Gasteiger partial charge is 0.337 e. The van der Waals surface area contributed by atoms with Crippen molar-refractivity contribution in [2.45, 2.75) is 6.61 Å². The molecule has 0 radical (unpaired) electrons. The number of nitrogens with zero attached hydrogens (tertiary/aromatic N) is 2. The van der Waals surface area contributed by atoms with Crippen LogP contribution < -0.4 is 18.9 Å². The van der Waals surface area contributed by atoms with Gasteiger partial charge in [-0.25, -0.2) is 4.79 Å². The van der Waals surface area contributed by atoms with Crippen LogP contribution in [0.5, 0.6) is 23.0 Å². The Morgan fingerprint density at radius 1 is 0.897 bits per heavy atom. The van der Waals surface area contributed by atoms with Gasteiger partial charge >= 0.3 is 5.97 Å². The summed E-state index contributed by atoms with van der Waals surface area (Å²) in [6, 6.07) is 10.0. The Kier molecular flexibility index (Phi) is 6.18. The maximum Gasteiger partial charge on any atom is 0.337 e. The van der Waals surface area contributed by atoms with Crippen molar-refractivity contribution in [2.24, 2.45) is 0 Å². The molecule has 9 heteroatoms. The molecule has 0 atom stereocenters. The number of carbonyl (C=O) groups is 1. The molecule has 0 unspecified atom stereocenters. The highest BCUT2D eigenvalue weighted by molar-refractivity contribution is 5.90. The molecule has 0 spiro atoms. The fourth-order valence-electron chi connectivity index (χ4n) is 2.58. The number of rotatable bonds is 8. The summed E-state index contributed by atoms with van der Waals surface area (Å²) in [6.45, 7) is 0.0220. The first kappa shape index (κ1) is 20.0. The molecular weight excluding hydrogens is 380 g/mol. The normalized spacial score (nSPS) is 10.3. The topological polar surface area (TPSA) is 102 Å². The van der Waals surface area contributed by atoms with E-state index in [1.165, 1.54) is 20.3 Å². The quantitative estimate of drug-likeness (QED) is 0.528. The molecule has 0 saturated carbocycles. The Balaban J connectivity index is 1.73. The van der Waals surface area contributed by atoms with Crippen LogP contribution in [-0.2, 0) is 11.3 Å². The number of carbonyl (C=O) groups excluding carboxylic acids is 1. The van der Waals surface area contributed by atoms with Crippen molar-refractivity contribution in [3.8, 4) is 34.4 Å².